The van der Waals surface area contributed by atoms with Gasteiger partial charge in [0.2, 0.25) is 0 Å². The third kappa shape index (κ3) is 10.9. The van der Waals surface area contributed by atoms with Gasteiger partial charge in [-0.3, -0.25) is 0 Å². The highest BCUT2D eigenvalue weighted by atomic mass is 32.2. The van der Waals surface area contributed by atoms with E-state index < -0.39 is 0 Å². The molecule has 0 radical (unpaired) electrons. The predicted molar refractivity (Wildman–Crippen MR) is 219 cm³/mol. The van der Waals surface area contributed by atoms with Crippen molar-refractivity contribution in [3.63, 3.8) is 0 Å². The van der Waals surface area contributed by atoms with Crippen molar-refractivity contribution >= 4 is 23.5 Å². The molecular weight excluding hydrogens is 637 g/mol. The Kier molecular flexibility index (Phi) is 14.5. The van der Waals surface area contributed by atoms with E-state index in [2.05, 4.69) is 97.7 Å². The summed E-state index contributed by atoms with van der Waals surface area (Å²) in [6.07, 6.45) is 24.5. The predicted octanol–water partition coefficient (Wildman–Crippen LogP) is 14.0. The third-order valence-electron chi connectivity index (χ3n) is 12.2. The van der Waals surface area contributed by atoms with Crippen LogP contribution in [-0.4, -0.2) is 21.7 Å². The van der Waals surface area contributed by atoms with Crippen LogP contribution < -0.4 is 0 Å². The van der Waals surface area contributed by atoms with Crippen LogP contribution in [0.1, 0.15) is 198 Å². The second kappa shape index (κ2) is 17.5. The standard InChI is InChI=1S/C26H42OS.C19H30OS/c1-25(2,3)21-17-20(19-28-22-13-9-6-5-7-10-14-22)24(27)23(18-21)26(4)15-11-8-12-16-26;1-18(2,3)15-11-14(13-21-5)17(20)16(12-15)19(4)9-7-6-8-10-19/h17-18,22,27H,5-16,19H2,1-4H3;11-12,20H,6-10,13H2,1-5H3. The maximum atomic E-state index is 11.3. The summed E-state index contributed by atoms with van der Waals surface area (Å²) >= 11 is 3.88. The lowest BCUT2D eigenvalue weighted by atomic mass is 9.69. The third-order valence-corrected chi connectivity index (χ3v) is 14.2. The van der Waals surface area contributed by atoms with Crippen molar-refractivity contribution in [2.45, 2.75) is 203 Å². The highest BCUT2D eigenvalue weighted by Crippen LogP contribution is 2.48. The minimum atomic E-state index is 0.118. The quantitative estimate of drug-likeness (QED) is 0.300. The van der Waals surface area contributed by atoms with Crippen molar-refractivity contribution in [3.8, 4) is 11.5 Å². The molecule has 2 N–H and O–H groups in total. The van der Waals surface area contributed by atoms with Crippen LogP contribution in [0, 0.1) is 0 Å². The fraction of sp³-hybridized carbons (Fsp3) is 0.733. The molecule has 0 unspecified atom stereocenters. The van der Waals surface area contributed by atoms with Gasteiger partial charge in [-0.2, -0.15) is 23.5 Å². The molecule has 0 saturated heterocycles. The monoisotopic (exact) mass is 708 g/mol. The summed E-state index contributed by atoms with van der Waals surface area (Å²) in [5.74, 6) is 3.01. The Morgan fingerprint density at radius 2 is 0.939 bits per heavy atom. The maximum absolute atomic E-state index is 11.3. The van der Waals surface area contributed by atoms with Crippen LogP contribution >= 0.6 is 23.5 Å². The molecule has 2 nitrogen and oxygen atoms in total. The number of phenols is 2. The summed E-state index contributed by atoms with van der Waals surface area (Å²) in [5, 5.41) is 22.9. The first-order chi connectivity index (χ1) is 23.1. The van der Waals surface area contributed by atoms with Gasteiger partial charge in [0, 0.05) is 39.0 Å². The first kappa shape index (κ1) is 40.5. The summed E-state index contributed by atoms with van der Waals surface area (Å²) in [6, 6.07) is 9.14. The van der Waals surface area contributed by atoms with Gasteiger partial charge >= 0.3 is 0 Å². The lowest BCUT2D eigenvalue weighted by Gasteiger charge is -2.36. The first-order valence-corrected chi connectivity index (χ1v) is 22.4. The van der Waals surface area contributed by atoms with E-state index in [9.17, 15) is 10.2 Å². The molecule has 49 heavy (non-hydrogen) atoms. The molecule has 276 valence electrons. The summed E-state index contributed by atoms with van der Waals surface area (Å²) in [7, 11) is 0. The Hall–Kier alpha value is -1.26. The molecule has 0 aliphatic heterocycles. The second-order valence-corrected chi connectivity index (χ2v) is 20.7. The zero-order valence-corrected chi connectivity index (χ0v) is 34.7. The fourth-order valence-corrected chi connectivity index (χ4v) is 10.4. The topological polar surface area (TPSA) is 40.5 Å². The minimum Gasteiger partial charge on any atom is -0.507 e. The molecule has 0 amide bonds. The first-order valence-electron chi connectivity index (χ1n) is 19.9. The number of thioether (sulfide) groups is 2. The summed E-state index contributed by atoms with van der Waals surface area (Å²) in [5.41, 5.74) is 7.99. The number of hydrogen-bond donors (Lipinski definition) is 2. The average Bonchev–Trinajstić information content (AvgIpc) is 3.02. The van der Waals surface area contributed by atoms with Gasteiger partial charge in [0.05, 0.1) is 0 Å². The van der Waals surface area contributed by atoms with E-state index in [1.807, 2.05) is 0 Å². The van der Waals surface area contributed by atoms with E-state index in [1.54, 1.807) is 11.8 Å². The fourth-order valence-electron chi connectivity index (χ4n) is 8.55. The van der Waals surface area contributed by atoms with Crippen LogP contribution in [0.4, 0.5) is 0 Å². The number of hydrogen-bond acceptors (Lipinski definition) is 4. The highest BCUT2D eigenvalue weighted by molar-refractivity contribution is 7.99. The molecule has 3 aliphatic carbocycles. The summed E-state index contributed by atoms with van der Waals surface area (Å²) in [4.78, 5) is 0. The van der Waals surface area contributed by atoms with E-state index in [0.29, 0.717) is 11.5 Å². The average molecular weight is 709 g/mol. The Morgan fingerprint density at radius 1 is 0.571 bits per heavy atom. The molecule has 4 heteroatoms. The Balaban J connectivity index is 0.000000230. The van der Waals surface area contributed by atoms with Gasteiger partial charge in [0.15, 0.2) is 0 Å². The molecule has 0 spiro atoms. The number of rotatable bonds is 7. The van der Waals surface area contributed by atoms with Crippen molar-refractivity contribution < 1.29 is 10.2 Å². The normalized spacial score (nSPS) is 20.5. The van der Waals surface area contributed by atoms with E-state index in [0.717, 1.165) is 22.3 Å². The second-order valence-electron chi connectivity index (χ2n) is 18.5. The van der Waals surface area contributed by atoms with Gasteiger partial charge in [0.1, 0.15) is 11.5 Å². The molecule has 3 saturated carbocycles. The molecule has 0 atom stereocenters. The van der Waals surface area contributed by atoms with Crippen LogP contribution in [-0.2, 0) is 33.2 Å². The molecule has 5 rings (SSSR count). The Labute approximate surface area is 310 Å². The zero-order valence-electron chi connectivity index (χ0n) is 33.0. The van der Waals surface area contributed by atoms with Gasteiger partial charge in [0.25, 0.3) is 0 Å². The highest BCUT2D eigenvalue weighted by Gasteiger charge is 2.35. The summed E-state index contributed by atoms with van der Waals surface area (Å²) < 4.78 is 0. The van der Waals surface area contributed by atoms with Gasteiger partial charge in [-0.25, -0.2) is 0 Å². The van der Waals surface area contributed by atoms with Crippen molar-refractivity contribution in [2.24, 2.45) is 0 Å². The molecule has 3 fully saturated rings. The number of phenolic OH excluding ortho intramolecular Hbond substituents is 2. The molecule has 2 aromatic rings. The molecule has 2 aromatic carbocycles. The van der Waals surface area contributed by atoms with Gasteiger partial charge in [-0.1, -0.05) is 150 Å². The lowest BCUT2D eigenvalue weighted by Crippen LogP contribution is -2.26. The van der Waals surface area contributed by atoms with E-state index in [-0.39, 0.29) is 21.7 Å². The Bertz CT molecular complexity index is 1330. The molecule has 0 aromatic heterocycles. The van der Waals surface area contributed by atoms with Crippen LogP contribution in [0.25, 0.3) is 0 Å². The minimum absolute atomic E-state index is 0.118. The van der Waals surface area contributed by atoms with Crippen LogP contribution in [0.3, 0.4) is 0 Å². The summed E-state index contributed by atoms with van der Waals surface area (Å²) in [6.45, 7) is 18.4. The van der Waals surface area contributed by atoms with E-state index in [1.165, 1.54) is 137 Å². The van der Waals surface area contributed by atoms with Crippen LogP contribution in [0.2, 0.25) is 0 Å². The van der Waals surface area contributed by atoms with Crippen molar-refractivity contribution in [2.75, 3.05) is 6.26 Å². The van der Waals surface area contributed by atoms with Gasteiger partial charge in [-0.15, -0.1) is 0 Å². The molecule has 3 aliphatic rings. The van der Waals surface area contributed by atoms with Crippen molar-refractivity contribution in [1.82, 2.24) is 0 Å². The number of benzene rings is 2. The largest absolute Gasteiger partial charge is 0.507 e. The van der Waals surface area contributed by atoms with Crippen LogP contribution in [0.5, 0.6) is 11.5 Å². The Morgan fingerprint density at radius 3 is 1.33 bits per heavy atom. The van der Waals surface area contributed by atoms with Crippen molar-refractivity contribution in [3.05, 3.63) is 57.6 Å². The lowest BCUT2D eigenvalue weighted by molar-refractivity contribution is 0.307. The van der Waals surface area contributed by atoms with E-state index in [4.69, 9.17) is 0 Å². The zero-order chi connectivity index (χ0) is 35.9. The molecule has 0 heterocycles. The van der Waals surface area contributed by atoms with Crippen LogP contribution in [0.15, 0.2) is 24.3 Å². The smallest absolute Gasteiger partial charge is 0.123 e. The number of aromatic hydroxyl groups is 2. The van der Waals surface area contributed by atoms with E-state index >= 15 is 0 Å². The van der Waals surface area contributed by atoms with Crippen molar-refractivity contribution in [1.29, 1.82) is 0 Å². The molecular formula is C45H72O2S2. The maximum Gasteiger partial charge on any atom is 0.123 e. The van der Waals surface area contributed by atoms with Gasteiger partial charge < -0.3 is 10.2 Å². The SMILES string of the molecule is CC(C)(C)c1cc(CSC2CCCCCCC2)c(O)c(C2(C)CCCCC2)c1.CSCc1cc(C(C)(C)C)cc(C2(C)CCCCC2)c1O. The van der Waals surface area contributed by atoms with Gasteiger partial charge in [-0.05, 0) is 77.6 Å². The molecule has 0 bridgehead atoms.